The number of carbonyl (C=O) groups excluding carboxylic acids is 1. The molecule has 11 heteroatoms. The summed E-state index contributed by atoms with van der Waals surface area (Å²) in [5.74, 6) is 0.885. The number of fused-ring (bicyclic) bond motifs is 1. The van der Waals surface area contributed by atoms with Crippen molar-refractivity contribution in [2.75, 3.05) is 32.1 Å². The molecule has 4 rings (SSSR count). The third kappa shape index (κ3) is 3.66. The Labute approximate surface area is 177 Å². The van der Waals surface area contributed by atoms with Crippen molar-refractivity contribution >= 4 is 28.7 Å². The fourth-order valence-corrected chi connectivity index (χ4v) is 4.89. The molecule has 162 valence electrons. The van der Waals surface area contributed by atoms with Gasteiger partial charge in [-0.15, -0.1) is 11.8 Å². The highest BCUT2D eigenvalue weighted by Gasteiger charge is 2.30. The van der Waals surface area contributed by atoms with Crippen LogP contribution in [0.5, 0.6) is 0 Å². The number of carbonyl (C=O) groups is 1. The third-order valence-electron chi connectivity index (χ3n) is 5.72. The van der Waals surface area contributed by atoms with Crippen LogP contribution in [-0.2, 0) is 30.2 Å². The molecule has 2 unspecified atom stereocenters. The fourth-order valence-electron chi connectivity index (χ4n) is 3.89. The molecule has 0 aromatic carbocycles. The zero-order valence-electron chi connectivity index (χ0n) is 17.3. The van der Waals surface area contributed by atoms with Crippen molar-refractivity contribution < 1.29 is 9.53 Å². The molecule has 0 spiro atoms. The van der Waals surface area contributed by atoms with Crippen LogP contribution in [0.1, 0.15) is 6.92 Å². The predicted molar refractivity (Wildman–Crippen MR) is 115 cm³/mol. The molecule has 30 heavy (non-hydrogen) atoms. The lowest BCUT2D eigenvalue weighted by molar-refractivity contribution is -0.115. The van der Waals surface area contributed by atoms with Crippen LogP contribution in [0.2, 0.25) is 0 Å². The Morgan fingerprint density at radius 2 is 2.07 bits per heavy atom. The molecule has 2 N–H and O–H groups in total. The van der Waals surface area contributed by atoms with Gasteiger partial charge in [-0.05, 0) is 12.5 Å². The minimum Gasteiger partial charge on any atom is -0.378 e. The van der Waals surface area contributed by atoms with Crippen LogP contribution < -0.4 is 21.9 Å². The monoisotopic (exact) mass is 434 g/mol. The molecule has 0 bridgehead atoms. The quantitative estimate of drug-likeness (QED) is 0.575. The van der Waals surface area contributed by atoms with Gasteiger partial charge in [-0.2, -0.15) is 0 Å². The van der Waals surface area contributed by atoms with Gasteiger partial charge in [-0.25, -0.2) is 9.78 Å². The van der Waals surface area contributed by atoms with Crippen molar-refractivity contribution in [1.82, 2.24) is 29.3 Å². The van der Waals surface area contributed by atoms with E-state index in [1.807, 2.05) is 6.92 Å². The summed E-state index contributed by atoms with van der Waals surface area (Å²) in [6, 6.07) is -0.0638. The number of nitrogens with zero attached hydrogens (tertiary/aromatic N) is 4. The lowest BCUT2D eigenvalue weighted by Gasteiger charge is -2.27. The van der Waals surface area contributed by atoms with E-state index in [-0.39, 0.29) is 23.7 Å². The first-order valence-corrected chi connectivity index (χ1v) is 11.0. The third-order valence-corrected chi connectivity index (χ3v) is 6.87. The van der Waals surface area contributed by atoms with Crippen molar-refractivity contribution in [3.63, 3.8) is 0 Å². The van der Waals surface area contributed by atoms with Crippen LogP contribution in [0.4, 0.5) is 0 Å². The summed E-state index contributed by atoms with van der Waals surface area (Å²) in [5, 5.41) is 6.34. The van der Waals surface area contributed by atoms with Gasteiger partial charge in [0.05, 0.1) is 32.1 Å². The van der Waals surface area contributed by atoms with Gasteiger partial charge >= 0.3 is 5.69 Å². The maximum atomic E-state index is 13.4. The second-order valence-electron chi connectivity index (χ2n) is 7.56. The number of imidazole rings is 1. The Kier molecular flexibility index (Phi) is 5.96. The van der Waals surface area contributed by atoms with Gasteiger partial charge in [-0.3, -0.25) is 24.0 Å². The number of aromatic nitrogens is 4. The summed E-state index contributed by atoms with van der Waals surface area (Å²) in [5.41, 5.74) is 1.27. The zero-order chi connectivity index (χ0) is 21.4. The summed E-state index contributed by atoms with van der Waals surface area (Å²) < 4.78 is 9.65. The number of aryl methyl sites for hydroxylation is 1. The number of Topliss-reactive ketones (excluding diaryl/α,β-unsaturated/α-hetero) is 1. The second-order valence-corrected chi connectivity index (χ2v) is 8.78. The molecular weight excluding hydrogens is 408 g/mol. The van der Waals surface area contributed by atoms with Gasteiger partial charge in [0.25, 0.3) is 5.56 Å². The number of rotatable bonds is 5. The lowest BCUT2D eigenvalue weighted by Crippen LogP contribution is -2.43. The van der Waals surface area contributed by atoms with Gasteiger partial charge in [0, 0.05) is 38.5 Å². The van der Waals surface area contributed by atoms with E-state index in [0.29, 0.717) is 30.0 Å². The fraction of sp³-hybridized carbons (Fsp3) is 0.579. The Hall–Kier alpha value is -2.21. The number of ether oxygens (including phenoxy) is 1. The van der Waals surface area contributed by atoms with E-state index in [1.165, 1.54) is 17.9 Å². The van der Waals surface area contributed by atoms with Crippen LogP contribution in [0.3, 0.4) is 0 Å². The SMILES string of the molecule is CC(=C(Cn1cnc2c1c(=O)n(C)c(=O)n2C)C(=O)C1NCCS1)C1COCCN1. The minimum atomic E-state index is -0.434. The molecule has 2 atom stereocenters. The standard InChI is InChI=1S/C19H26N6O4S/c1-11(13-9-29-6-4-20-13)12(15(26)17-21-5-7-30-17)8-25-10-22-16-14(25)18(27)24(3)19(28)23(16)2/h10,13,17,20-21H,4-9H2,1-3H3. The van der Waals surface area contributed by atoms with E-state index >= 15 is 0 Å². The molecule has 10 nitrogen and oxygen atoms in total. The van der Waals surface area contributed by atoms with Crippen molar-refractivity contribution in [3.05, 3.63) is 38.3 Å². The van der Waals surface area contributed by atoms with E-state index in [9.17, 15) is 14.4 Å². The largest absolute Gasteiger partial charge is 0.378 e. The molecule has 0 saturated carbocycles. The van der Waals surface area contributed by atoms with Crippen molar-refractivity contribution in [2.24, 2.45) is 14.1 Å². The Morgan fingerprint density at radius 3 is 2.73 bits per heavy atom. The van der Waals surface area contributed by atoms with Gasteiger partial charge in [-0.1, -0.05) is 0 Å². The molecule has 0 amide bonds. The number of hydrogen-bond donors (Lipinski definition) is 2. The molecule has 0 radical (unpaired) electrons. The van der Waals surface area contributed by atoms with Gasteiger partial charge in [0.15, 0.2) is 16.9 Å². The molecule has 4 heterocycles. The maximum Gasteiger partial charge on any atom is 0.332 e. The first kappa shape index (κ1) is 21.0. The van der Waals surface area contributed by atoms with Crippen LogP contribution in [0.25, 0.3) is 11.2 Å². The summed E-state index contributed by atoms with van der Waals surface area (Å²) in [6.07, 6.45) is 1.52. The number of nitrogens with one attached hydrogen (secondary N) is 2. The van der Waals surface area contributed by atoms with Crippen LogP contribution in [0.15, 0.2) is 27.1 Å². The summed E-state index contributed by atoms with van der Waals surface area (Å²) in [7, 11) is 3.02. The van der Waals surface area contributed by atoms with Gasteiger partial charge < -0.3 is 14.6 Å². The topological polar surface area (TPSA) is 112 Å². The number of morpholine rings is 1. The van der Waals surface area contributed by atoms with E-state index in [1.54, 1.807) is 23.4 Å². The summed E-state index contributed by atoms with van der Waals surface area (Å²) in [4.78, 5) is 42.7. The highest BCUT2D eigenvalue weighted by molar-refractivity contribution is 8.00. The maximum absolute atomic E-state index is 13.4. The first-order valence-electron chi connectivity index (χ1n) is 9.91. The molecule has 2 aromatic heterocycles. The average molecular weight is 435 g/mol. The van der Waals surface area contributed by atoms with Gasteiger partial charge in [0.2, 0.25) is 0 Å². The first-order chi connectivity index (χ1) is 14.4. The van der Waals surface area contributed by atoms with Crippen LogP contribution in [-0.4, -0.2) is 67.9 Å². The zero-order valence-corrected chi connectivity index (χ0v) is 18.1. The van der Waals surface area contributed by atoms with Crippen molar-refractivity contribution in [1.29, 1.82) is 0 Å². The molecule has 2 aliphatic rings. The molecule has 2 fully saturated rings. The molecule has 2 aromatic rings. The summed E-state index contributed by atoms with van der Waals surface area (Å²) in [6.45, 7) is 4.78. The van der Waals surface area contributed by atoms with E-state index < -0.39 is 11.2 Å². The molecular formula is C19H26N6O4S. The van der Waals surface area contributed by atoms with Crippen LogP contribution in [0, 0.1) is 0 Å². The predicted octanol–water partition coefficient (Wildman–Crippen LogP) is -1.03. The van der Waals surface area contributed by atoms with E-state index in [4.69, 9.17) is 4.74 Å². The molecule has 0 aliphatic carbocycles. The van der Waals surface area contributed by atoms with Crippen molar-refractivity contribution in [3.8, 4) is 0 Å². The molecule has 2 saturated heterocycles. The van der Waals surface area contributed by atoms with Crippen LogP contribution >= 0.6 is 11.8 Å². The Bertz CT molecular complexity index is 1120. The van der Waals surface area contributed by atoms with E-state index in [0.717, 1.165) is 29.0 Å². The normalized spacial score (nSPS) is 23.0. The average Bonchev–Trinajstić information content (AvgIpc) is 3.44. The number of ketones is 1. The highest BCUT2D eigenvalue weighted by Crippen LogP contribution is 2.23. The summed E-state index contributed by atoms with van der Waals surface area (Å²) >= 11 is 1.59. The smallest absolute Gasteiger partial charge is 0.332 e. The minimum absolute atomic E-state index is 0.00543. The lowest BCUT2D eigenvalue weighted by atomic mass is 9.98. The van der Waals surface area contributed by atoms with Crippen molar-refractivity contribution in [2.45, 2.75) is 24.9 Å². The number of thioether (sulfide) groups is 1. The number of hydrogen-bond acceptors (Lipinski definition) is 8. The Balaban J connectivity index is 1.80. The van der Waals surface area contributed by atoms with Gasteiger partial charge in [0.1, 0.15) is 5.37 Å². The molecule has 2 aliphatic heterocycles. The Morgan fingerprint density at radius 1 is 1.27 bits per heavy atom. The van der Waals surface area contributed by atoms with E-state index in [2.05, 4.69) is 15.6 Å². The second kappa shape index (κ2) is 8.50. The highest BCUT2D eigenvalue weighted by atomic mass is 32.2.